The molecule has 0 amide bonds. The van der Waals surface area contributed by atoms with Crippen LogP contribution in [-0.2, 0) is 0 Å². The highest BCUT2D eigenvalue weighted by Gasteiger charge is 2.17. The number of carbonyl (C=O) groups is 1. The van der Waals surface area contributed by atoms with Crippen LogP contribution in [0.4, 0.5) is 0 Å². The molecular formula is C12H11N3O. The molecule has 2 N–H and O–H groups in total. The molecule has 0 spiro atoms. The molecule has 0 unspecified atom stereocenters. The Balaban J connectivity index is 2.24. The van der Waals surface area contributed by atoms with Crippen LogP contribution in [-0.4, -0.2) is 15.8 Å². The molecule has 4 heteroatoms. The average Bonchev–Trinajstić information content (AvgIpc) is 2.39. The van der Waals surface area contributed by atoms with Gasteiger partial charge in [-0.3, -0.25) is 4.79 Å². The SMILES string of the molecule is N[C@@H](C(=O)c1cncnc1)c1ccccc1. The summed E-state index contributed by atoms with van der Waals surface area (Å²) in [5.74, 6) is -0.174. The maximum absolute atomic E-state index is 11.9. The second-order valence-corrected chi connectivity index (χ2v) is 3.38. The van der Waals surface area contributed by atoms with Crippen molar-refractivity contribution in [2.75, 3.05) is 0 Å². The van der Waals surface area contributed by atoms with Crippen molar-refractivity contribution < 1.29 is 4.79 Å². The molecule has 0 aliphatic carbocycles. The minimum Gasteiger partial charge on any atom is -0.318 e. The van der Waals surface area contributed by atoms with Crippen LogP contribution in [0.1, 0.15) is 22.0 Å². The van der Waals surface area contributed by atoms with Gasteiger partial charge in [0.15, 0.2) is 5.78 Å². The third-order valence-corrected chi connectivity index (χ3v) is 2.29. The van der Waals surface area contributed by atoms with Crippen molar-refractivity contribution in [3.63, 3.8) is 0 Å². The smallest absolute Gasteiger partial charge is 0.187 e. The van der Waals surface area contributed by atoms with Crippen molar-refractivity contribution in [3.05, 3.63) is 60.2 Å². The van der Waals surface area contributed by atoms with Gasteiger partial charge >= 0.3 is 0 Å². The van der Waals surface area contributed by atoms with E-state index in [1.165, 1.54) is 18.7 Å². The standard InChI is InChI=1S/C12H11N3O/c13-11(9-4-2-1-3-5-9)12(16)10-6-14-8-15-7-10/h1-8,11H,13H2/t11-/m1/s1. The number of nitrogens with two attached hydrogens (primary N) is 1. The van der Waals surface area contributed by atoms with E-state index < -0.39 is 6.04 Å². The van der Waals surface area contributed by atoms with E-state index in [-0.39, 0.29) is 5.78 Å². The lowest BCUT2D eigenvalue weighted by Gasteiger charge is -2.09. The van der Waals surface area contributed by atoms with Gasteiger partial charge in [-0.2, -0.15) is 0 Å². The quantitative estimate of drug-likeness (QED) is 0.781. The number of benzene rings is 1. The molecule has 2 aromatic rings. The molecule has 4 nitrogen and oxygen atoms in total. The Morgan fingerprint density at radius 2 is 1.75 bits per heavy atom. The molecule has 0 radical (unpaired) electrons. The van der Waals surface area contributed by atoms with Crippen molar-refractivity contribution in [1.29, 1.82) is 0 Å². The predicted octanol–water partition coefficient (Wildman–Crippen LogP) is 1.36. The third kappa shape index (κ3) is 2.12. The van der Waals surface area contributed by atoms with E-state index in [4.69, 9.17) is 5.73 Å². The molecule has 0 saturated heterocycles. The number of aromatic nitrogens is 2. The van der Waals surface area contributed by atoms with E-state index in [0.717, 1.165) is 5.56 Å². The number of hydrogen-bond donors (Lipinski definition) is 1. The van der Waals surface area contributed by atoms with Gasteiger partial charge < -0.3 is 5.73 Å². The van der Waals surface area contributed by atoms with E-state index in [0.29, 0.717) is 5.56 Å². The Morgan fingerprint density at radius 1 is 1.12 bits per heavy atom. The first kappa shape index (κ1) is 10.4. The fourth-order valence-corrected chi connectivity index (χ4v) is 1.42. The molecular weight excluding hydrogens is 202 g/mol. The van der Waals surface area contributed by atoms with Crippen molar-refractivity contribution >= 4 is 5.78 Å². The summed E-state index contributed by atoms with van der Waals surface area (Å²) in [6, 6.07) is 8.58. The Hall–Kier alpha value is -2.07. The summed E-state index contributed by atoms with van der Waals surface area (Å²) >= 11 is 0. The van der Waals surface area contributed by atoms with Crippen molar-refractivity contribution in [2.24, 2.45) is 5.73 Å². The molecule has 1 heterocycles. The Kier molecular flexibility index (Phi) is 3.03. The first-order valence-corrected chi connectivity index (χ1v) is 4.89. The summed E-state index contributed by atoms with van der Waals surface area (Å²) in [7, 11) is 0. The summed E-state index contributed by atoms with van der Waals surface area (Å²) in [5.41, 5.74) is 7.08. The number of carbonyl (C=O) groups excluding carboxylic acids is 1. The lowest BCUT2D eigenvalue weighted by atomic mass is 10.0. The Morgan fingerprint density at radius 3 is 2.38 bits per heavy atom. The van der Waals surface area contributed by atoms with Gasteiger partial charge in [-0.1, -0.05) is 30.3 Å². The largest absolute Gasteiger partial charge is 0.318 e. The summed E-state index contributed by atoms with van der Waals surface area (Å²) in [4.78, 5) is 19.5. The number of Topliss-reactive ketones (excluding diaryl/α,β-unsaturated/α-hetero) is 1. The molecule has 1 aromatic carbocycles. The fourth-order valence-electron chi connectivity index (χ4n) is 1.42. The number of rotatable bonds is 3. The highest BCUT2D eigenvalue weighted by atomic mass is 16.1. The molecule has 1 atom stereocenters. The normalized spacial score (nSPS) is 12.1. The zero-order chi connectivity index (χ0) is 11.4. The Labute approximate surface area is 93.2 Å². The second kappa shape index (κ2) is 4.63. The Bertz CT molecular complexity index is 470. The molecule has 1 aromatic heterocycles. The molecule has 0 aliphatic rings. The summed E-state index contributed by atoms with van der Waals surface area (Å²) < 4.78 is 0. The molecule has 0 bridgehead atoms. The molecule has 16 heavy (non-hydrogen) atoms. The van der Waals surface area contributed by atoms with Crippen LogP contribution in [0.2, 0.25) is 0 Å². The van der Waals surface area contributed by atoms with E-state index in [1.54, 1.807) is 0 Å². The maximum atomic E-state index is 11.9. The summed E-state index contributed by atoms with van der Waals surface area (Å²) in [6.07, 6.45) is 4.32. The number of hydrogen-bond acceptors (Lipinski definition) is 4. The van der Waals surface area contributed by atoms with Gasteiger partial charge in [0, 0.05) is 12.4 Å². The predicted molar refractivity (Wildman–Crippen MR) is 59.7 cm³/mol. The van der Waals surface area contributed by atoms with Gasteiger partial charge in [-0.05, 0) is 5.56 Å². The molecule has 0 fully saturated rings. The van der Waals surface area contributed by atoms with Crippen LogP contribution in [0.5, 0.6) is 0 Å². The van der Waals surface area contributed by atoms with E-state index >= 15 is 0 Å². The summed E-state index contributed by atoms with van der Waals surface area (Å²) in [6.45, 7) is 0. The fraction of sp³-hybridized carbons (Fsp3) is 0.0833. The van der Waals surface area contributed by atoms with Gasteiger partial charge in [0.2, 0.25) is 0 Å². The second-order valence-electron chi connectivity index (χ2n) is 3.38. The lowest BCUT2D eigenvalue weighted by Crippen LogP contribution is -2.21. The van der Waals surface area contributed by atoms with E-state index in [9.17, 15) is 4.79 Å². The van der Waals surface area contributed by atoms with E-state index in [1.807, 2.05) is 30.3 Å². The molecule has 80 valence electrons. The number of nitrogens with zero attached hydrogens (tertiary/aromatic N) is 2. The highest BCUT2D eigenvalue weighted by Crippen LogP contribution is 2.14. The van der Waals surface area contributed by atoms with Gasteiger partial charge in [-0.25, -0.2) is 9.97 Å². The van der Waals surface area contributed by atoms with Gasteiger partial charge in [0.25, 0.3) is 0 Å². The first-order valence-electron chi connectivity index (χ1n) is 4.89. The third-order valence-electron chi connectivity index (χ3n) is 2.29. The van der Waals surface area contributed by atoms with Gasteiger partial charge in [0.1, 0.15) is 6.33 Å². The zero-order valence-corrected chi connectivity index (χ0v) is 8.58. The van der Waals surface area contributed by atoms with Gasteiger partial charge in [-0.15, -0.1) is 0 Å². The molecule has 0 saturated carbocycles. The topological polar surface area (TPSA) is 68.9 Å². The van der Waals surface area contributed by atoms with Gasteiger partial charge in [0.05, 0.1) is 11.6 Å². The van der Waals surface area contributed by atoms with Crippen LogP contribution in [0.15, 0.2) is 49.1 Å². The highest BCUT2D eigenvalue weighted by molar-refractivity contribution is 6.00. The summed E-state index contributed by atoms with van der Waals surface area (Å²) in [5, 5.41) is 0. The van der Waals surface area contributed by atoms with Crippen molar-refractivity contribution in [3.8, 4) is 0 Å². The minimum atomic E-state index is -0.660. The first-order chi connectivity index (χ1) is 7.79. The maximum Gasteiger partial charge on any atom is 0.187 e. The van der Waals surface area contributed by atoms with Crippen LogP contribution in [0.25, 0.3) is 0 Å². The lowest BCUT2D eigenvalue weighted by molar-refractivity contribution is 0.0960. The molecule has 0 aliphatic heterocycles. The van der Waals surface area contributed by atoms with Crippen molar-refractivity contribution in [1.82, 2.24) is 9.97 Å². The monoisotopic (exact) mass is 213 g/mol. The minimum absolute atomic E-state index is 0.174. The van der Waals surface area contributed by atoms with Crippen LogP contribution in [0.3, 0.4) is 0 Å². The van der Waals surface area contributed by atoms with Crippen LogP contribution < -0.4 is 5.73 Å². The number of ketones is 1. The van der Waals surface area contributed by atoms with E-state index in [2.05, 4.69) is 9.97 Å². The average molecular weight is 213 g/mol. The van der Waals surface area contributed by atoms with Crippen LogP contribution >= 0.6 is 0 Å². The van der Waals surface area contributed by atoms with Crippen molar-refractivity contribution in [2.45, 2.75) is 6.04 Å². The van der Waals surface area contributed by atoms with Crippen LogP contribution in [0, 0.1) is 0 Å². The zero-order valence-electron chi connectivity index (χ0n) is 8.58. The molecule has 2 rings (SSSR count).